The average Bonchev–Trinajstić information content (AvgIpc) is 2.17. The van der Waals surface area contributed by atoms with Crippen molar-refractivity contribution in [2.24, 2.45) is 0 Å². The van der Waals surface area contributed by atoms with Gasteiger partial charge in [0, 0.05) is 29.8 Å². The second-order valence-corrected chi connectivity index (χ2v) is 3.57. The highest BCUT2D eigenvalue weighted by Gasteiger charge is 2.09. The van der Waals surface area contributed by atoms with Crippen molar-refractivity contribution in [1.29, 1.82) is 0 Å². The topological polar surface area (TPSA) is 30.0 Å². The van der Waals surface area contributed by atoms with Crippen molar-refractivity contribution in [3.8, 4) is 12.3 Å². The Morgan fingerprint density at radius 2 is 2.20 bits per heavy atom. The summed E-state index contributed by atoms with van der Waals surface area (Å²) in [7, 11) is 0. The zero-order valence-corrected chi connectivity index (χ0v) is 9.21. The maximum Gasteiger partial charge on any atom is 0.164 e. The van der Waals surface area contributed by atoms with E-state index >= 15 is 0 Å². The number of carbonyl (C=O) groups is 1. The Bertz CT molecular complexity index is 401. The summed E-state index contributed by atoms with van der Waals surface area (Å²) in [5.41, 5.74) is 2.46. The van der Waals surface area contributed by atoms with Crippen LogP contribution in [0.1, 0.15) is 41.0 Å². The zero-order chi connectivity index (χ0) is 11.3. The quantitative estimate of drug-likeness (QED) is 0.426. The van der Waals surface area contributed by atoms with Crippen LogP contribution in [-0.2, 0) is 0 Å². The van der Waals surface area contributed by atoms with Gasteiger partial charge in [-0.2, -0.15) is 0 Å². The predicted octanol–water partition coefficient (Wildman–Crippen LogP) is 2.68. The van der Waals surface area contributed by atoms with Crippen LogP contribution in [0.25, 0.3) is 0 Å². The number of nitrogens with zero attached hydrogens (tertiary/aromatic N) is 1. The van der Waals surface area contributed by atoms with Crippen LogP contribution in [0.5, 0.6) is 0 Å². The number of hydrogen-bond acceptors (Lipinski definition) is 2. The van der Waals surface area contributed by atoms with Crippen molar-refractivity contribution in [1.82, 2.24) is 4.98 Å². The van der Waals surface area contributed by atoms with E-state index in [4.69, 9.17) is 6.42 Å². The van der Waals surface area contributed by atoms with E-state index in [0.717, 1.165) is 23.4 Å². The van der Waals surface area contributed by atoms with Gasteiger partial charge in [0.15, 0.2) is 5.78 Å². The Hall–Kier alpha value is -1.62. The number of Topliss-reactive ketones (excluding diaryl/α,β-unsaturated/α-hetero) is 1. The fourth-order valence-electron chi connectivity index (χ4n) is 1.47. The van der Waals surface area contributed by atoms with Crippen LogP contribution in [-0.4, -0.2) is 10.8 Å². The third-order valence-corrected chi connectivity index (χ3v) is 2.25. The molecule has 0 spiro atoms. The summed E-state index contributed by atoms with van der Waals surface area (Å²) in [4.78, 5) is 16.0. The molecule has 0 bridgehead atoms. The lowest BCUT2D eigenvalue weighted by molar-refractivity contribution is 0.0979. The summed E-state index contributed by atoms with van der Waals surface area (Å²) in [5.74, 6) is 2.66. The number of unbranched alkanes of at least 4 members (excludes halogenated alkanes) is 1. The molecule has 1 heterocycles. The van der Waals surface area contributed by atoms with E-state index < -0.39 is 0 Å². The first kappa shape index (κ1) is 11.5. The van der Waals surface area contributed by atoms with E-state index in [2.05, 4.69) is 10.9 Å². The normalized spacial score (nSPS) is 9.67. The Morgan fingerprint density at radius 3 is 2.80 bits per heavy atom. The van der Waals surface area contributed by atoms with Gasteiger partial charge in [-0.3, -0.25) is 9.78 Å². The summed E-state index contributed by atoms with van der Waals surface area (Å²) < 4.78 is 0. The van der Waals surface area contributed by atoms with Crippen LogP contribution in [0.2, 0.25) is 0 Å². The fourth-order valence-corrected chi connectivity index (χ4v) is 1.47. The van der Waals surface area contributed by atoms with E-state index in [1.165, 1.54) is 0 Å². The van der Waals surface area contributed by atoms with Crippen LogP contribution in [0.4, 0.5) is 0 Å². The highest BCUT2D eigenvalue weighted by molar-refractivity contribution is 5.96. The largest absolute Gasteiger partial charge is 0.294 e. The van der Waals surface area contributed by atoms with Crippen molar-refractivity contribution in [3.05, 3.63) is 29.1 Å². The van der Waals surface area contributed by atoms with Gasteiger partial charge in [0.2, 0.25) is 0 Å². The molecule has 0 aliphatic heterocycles. The molecular formula is C13H15NO. The highest BCUT2D eigenvalue weighted by Crippen LogP contribution is 2.11. The lowest BCUT2D eigenvalue weighted by Crippen LogP contribution is -2.03. The van der Waals surface area contributed by atoms with Crippen molar-refractivity contribution < 1.29 is 4.79 Å². The number of hydrogen-bond donors (Lipinski definition) is 0. The van der Waals surface area contributed by atoms with Gasteiger partial charge in [-0.15, -0.1) is 12.3 Å². The Kier molecular flexibility index (Phi) is 4.05. The van der Waals surface area contributed by atoms with Crippen LogP contribution < -0.4 is 0 Å². The van der Waals surface area contributed by atoms with Crippen LogP contribution in [0.3, 0.4) is 0 Å². The van der Waals surface area contributed by atoms with Crippen LogP contribution in [0, 0.1) is 26.2 Å². The summed E-state index contributed by atoms with van der Waals surface area (Å²) >= 11 is 0. The Morgan fingerprint density at radius 1 is 1.47 bits per heavy atom. The van der Waals surface area contributed by atoms with E-state index in [1.54, 1.807) is 0 Å². The molecule has 1 aromatic rings. The molecule has 15 heavy (non-hydrogen) atoms. The Labute approximate surface area is 90.7 Å². The molecule has 1 rings (SSSR count). The summed E-state index contributed by atoms with van der Waals surface area (Å²) in [6.07, 6.45) is 7.05. The van der Waals surface area contributed by atoms with E-state index in [1.807, 2.05) is 26.0 Å². The number of rotatable bonds is 4. The lowest BCUT2D eigenvalue weighted by atomic mass is 10.0. The minimum atomic E-state index is 0.134. The smallest absolute Gasteiger partial charge is 0.164 e. The number of aryl methyl sites for hydroxylation is 2. The van der Waals surface area contributed by atoms with Gasteiger partial charge in [-0.05, 0) is 32.4 Å². The average molecular weight is 201 g/mol. The van der Waals surface area contributed by atoms with E-state index in [0.29, 0.717) is 12.8 Å². The van der Waals surface area contributed by atoms with E-state index in [9.17, 15) is 4.79 Å². The number of carbonyl (C=O) groups excluding carboxylic acids is 1. The van der Waals surface area contributed by atoms with Gasteiger partial charge in [0.25, 0.3) is 0 Å². The number of aromatic nitrogens is 1. The van der Waals surface area contributed by atoms with Crippen LogP contribution in [0.15, 0.2) is 12.1 Å². The second-order valence-electron chi connectivity index (χ2n) is 3.57. The minimum Gasteiger partial charge on any atom is -0.294 e. The van der Waals surface area contributed by atoms with Gasteiger partial charge in [-0.1, -0.05) is 0 Å². The van der Waals surface area contributed by atoms with Gasteiger partial charge >= 0.3 is 0 Å². The first-order valence-electron chi connectivity index (χ1n) is 5.06. The van der Waals surface area contributed by atoms with Crippen molar-refractivity contribution in [3.63, 3.8) is 0 Å². The van der Waals surface area contributed by atoms with Crippen molar-refractivity contribution in [2.75, 3.05) is 0 Å². The molecule has 0 amide bonds. The number of terminal acetylenes is 1. The first-order valence-corrected chi connectivity index (χ1v) is 5.06. The molecule has 1 aromatic heterocycles. The zero-order valence-electron chi connectivity index (χ0n) is 9.21. The number of pyridine rings is 1. The van der Waals surface area contributed by atoms with Gasteiger partial charge < -0.3 is 0 Å². The first-order chi connectivity index (χ1) is 7.15. The molecule has 0 fully saturated rings. The molecule has 78 valence electrons. The second kappa shape index (κ2) is 5.31. The summed E-state index contributed by atoms with van der Waals surface area (Å²) in [5, 5.41) is 0. The summed E-state index contributed by atoms with van der Waals surface area (Å²) in [6, 6.07) is 3.71. The molecule has 0 saturated carbocycles. The molecule has 0 saturated heterocycles. The Balaban J connectivity index is 2.70. The minimum absolute atomic E-state index is 0.134. The molecular weight excluding hydrogens is 186 g/mol. The van der Waals surface area contributed by atoms with Gasteiger partial charge in [0.05, 0.1) is 0 Å². The number of ketones is 1. The third kappa shape index (κ3) is 3.21. The maximum absolute atomic E-state index is 11.7. The molecule has 0 unspecified atom stereocenters. The summed E-state index contributed by atoms with van der Waals surface area (Å²) in [6.45, 7) is 3.78. The van der Waals surface area contributed by atoms with Gasteiger partial charge in [0.1, 0.15) is 0 Å². The third-order valence-electron chi connectivity index (χ3n) is 2.25. The maximum atomic E-state index is 11.7. The van der Waals surface area contributed by atoms with Gasteiger partial charge in [-0.25, -0.2) is 0 Å². The highest BCUT2D eigenvalue weighted by atomic mass is 16.1. The predicted molar refractivity (Wildman–Crippen MR) is 60.7 cm³/mol. The van der Waals surface area contributed by atoms with Crippen molar-refractivity contribution >= 4 is 5.78 Å². The molecule has 0 N–H and O–H groups in total. The molecule has 0 aromatic carbocycles. The lowest BCUT2D eigenvalue weighted by Gasteiger charge is -2.04. The monoisotopic (exact) mass is 201 g/mol. The molecule has 0 aliphatic carbocycles. The van der Waals surface area contributed by atoms with Crippen molar-refractivity contribution in [2.45, 2.75) is 33.1 Å². The standard InChI is InChI=1S/C13H15NO/c1-4-5-6-7-13(15)12-9-8-10(2)14-11(12)3/h1,8-9H,5-7H2,2-3H3. The molecule has 0 aliphatic rings. The molecule has 2 nitrogen and oxygen atoms in total. The fraction of sp³-hybridized carbons (Fsp3) is 0.385. The van der Waals surface area contributed by atoms with Crippen LogP contribution >= 0.6 is 0 Å². The molecule has 0 radical (unpaired) electrons. The molecule has 0 atom stereocenters. The molecule has 2 heteroatoms. The SMILES string of the molecule is C#CCCCC(=O)c1ccc(C)nc1C. The van der Waals surface area contributed by atoms with E-state index in [-0.39, 0.29) is 5.78 Å².